The molecule has 1 aromatic heterocycles. The summed E-state index contributed by atoms with van der Waals surface area (Å²) in [5.41, 5.74) is 0. The number of nitrogens with one attached hydrogen (secondary N) is 1. The molecule has 1 saturated carbocycles. The van der Waals surface area contributed by atoms with E-state index in [0.717, 1.165) is 29.5 Å². The van der Waals surface area contributed by atoms with Gasteiger partial charge in [-0.2, -0.15) is 0 Å². The van der Waals surface area contributed by atoms with Crippen molar-refractivity contribution in [1.82, 2.24) is 4.72 Å². The second-order valence-corrected chi connectivity index (χ2v) is 8.31. The van der Waals surface area contributed by atoms with Crippen molar-refractivity contribution >= 4 is 37.3 Å². The van der Waals surface area contributed by atoms with E-state index >= 15 is 0 Å². The highest BCUT2D eigenvalue weighted by atomic mass is 79.9. The van der Waals surface area contributed by atoms with Crippen molar-refractivity contribution in [3.05, 3.63) is 17.0 Å². The van der Waals surface area contributed by atoms with Crippen molar-refractivity contribution < 1.29 is 8.42 Å². The quantitative estimate of drug-likeness (QED) is 0.858. The SMILES string of the molecule is Cc1ccc(S(=O)(=O)NC2CCCC2CBr)s1. The van der Waals surface area contributed by atoms with E-state index in [1.807, 2.05) is 13.0 Å². The van der Waals surface area contributed by atoms with Gasteiger partial charge in [-0.25, -0.2) is 13.1 Å². The third-order valence-electron chi connectivity index (χ3n) is 3.14. The number of sulfonamides is 1. The van der Waals surface area contributed by atoms with Crippen LogP contribution in [0.25, 0.3) is 0 Å². The summed E-state index contributed by atoms with van der Waals surface area (Å²) < 4.78 is 27.6. The van der Waals surface area contributed by atoms with Crippen LogP contribution in [0.3, 0.4) is 0 Å². The van der Waals surface area contributed by atoms with E-state index in [0.29, 0.717) is 10.1 Å². The van der Waals surface area contributed by atoms with Gasteiger partial charge in [0.2, 0.25) is 10.0 Å². The van der Waals surface area contributed by atoms with E-state index in [9.17, 15) is 8.42 Å². The molecule has 0 aliphatic heterocycles. The molecule has 0 saturated heterocycles. The van der Waals surface area contributed by atoms with Crippen molar-refractivity contribution in [2.75, 3.05) is 5.33 Å². The van der Waals surface area contributed by atoms with E-state index in [2.05, 4.69) is 20.7 Å². The maximum atomic E-state index is 12.1. The highest BCUT2D eigenvalue weighted by Crippen LogP contribution is 2.29. The molecule has 96 valence electrons. The summed E-state index contributed by atoms with van der Waals surface area (Å²) in [5, 5.41) is 0.865. The minimum absolute atomic E-state index is 0.0850. The van der Waals surface area contributed by atoms with Crippen LogP contribution < -0.4 is 4.72 Å². The Balaban J connectivity index is 2.12. The van der Waals surface area contributed by atoms with Crippen LogP contribution in [-0.2, 0) is 10.0 Å². The van der Waals surface area contributed by atoms with Gasteiger partial charge in [0, 0.05) is 16.2 Å². The third kappa shape index (κ3) is 3.10. The van der Waals surface area contributed by atoms with Crippen LogP contribution in [0, 0.1) is 12.8 Å². The van der Waals surface area contributed by atoms with E-state index in [1.54, 1.807) is 6.07 Å². The zero-order chi connectivity index (χ0) is 12.5. The lowest BCUT2D eigenvalue weighted by atomic mass is 10.1. The smallest absolute Gasteiger partial charge is 0.207 e. The number of rotatable bonds is 4. The maximum Gasteiger partial charge on any atom is 0.250 e. The molecule has 2 rings (SSSR count). The molecule has 2 unspecified atom stereocenters. The lowest BCUT2D eigenvalue weighted by molar-refractivity contribution is 0.485. The fourth-order valence-corrected chi connectivity index (χ4v) is 5.60. The molecule has 6 heteroatoms. The van der Waals surface area contributed by atoms with E-state index < -0.39 is 10.0 Å². The topological polar surface area (TPSA) is 46.2 Å². The Bertz CT molecular complexity index is 483. The lowest BCUT2D eigenvalue weighted by Gasteiger charge is -2.18. The average molecular weight is 338 g/mol. The van der Waals surface area contributed by atoms with Gasteiger partial charge < -0.3 is 0 Å². The number of hydrogen-bond donors (Lipinski definition) is 1. The van der Waals surface area contributed by atoms with Crippen LogP contribution in [0.5, 0.6) is 0 Å². The molecule has 1 aliphatic carbocycles. The van der Waals surface area contributed by atoms with Crippen molar-refractivity contribution in [2.24, 2.45) is 5.92 Å². The summed E-state index contributed by atoms with van der Waals surface area (Å²) in [7, 11) is -3.32. The van der Waals surface area contributed by atoms with E-state index in [4.69, 9.17) is 0 Å². The second kappa shape index (κ2) is 5.38. The van der Waals surface area contributed by atoms with Crippen molar-refractivity contribution in [2.45, 2.75) is 36.4 Å². The molecule has 3 nitrogen and oxygen atoms in total. The second-order valence-electron chi connectivity index (χ2n) is 4.44. The van der Waals surface area contributed by atoms with Crippen LogP contribution in [0.15, 0.2) is 16.3 Å². The molecule has 1 aromatic rings. The molecule has 0 amide bonds. The standard InChI is InChI=1S/C11H16BrNO2S2/c1-8-5-6-11(16-8)17(14,15)13-10-4-2-3-9(10)7-12/h5-6,9-10,13H,2-4,7H2,1H3. The molecule has 0 radical (unpaired) electrons. The molecule has 17 heavy (non-hydrogen) atoms. The summed E-state index contributed by atoms with van der Waals surface area (Å²) in [4.78, 5) is 1.02. The average Bonchev–Trinajstić information content (AvgIpc) is 2.86. The van der Waals surface area contributed by atoms with Gasteiger partial charge in [-0.3, -0.25) is 0 Å². The predicted molar refractivity (Wildman–Crippen MR) is 74.3 cm³/mol. The number of alkyl halides is 1. The van der Waals surface area contributed by atoms with Crippen LogP contribution in [-0.4, -0.2) is 19.8 Å². The van der Waals surface area contributed by atoms with Gasteiger partial charge in [-0.1, -0.05) is 22.4 Å². The molecule has 1 aliphatic rings. The Morgan fingerprint density at radius 3 is 2.82 bits per heavy atom. The van der Waals surface area contributed by atoms with Crippen molar-refractivity contribution in [3.63, 3.8) is 0 Å². The van der Waals surface area contributed by atoms with Gasteiger partial charge in [-0.05, 0) is 37.8 Å². The molecule has 0 bridgehead atoms. The summed E-state index contributed by atoms with van der Waals surface area (Å²) in [6.45, 7) is 1.92. The zero-order valence-electron chi connectivity index (χ0n) is 9.65. The van der Waals surface area contributed by atoms with Crippen molar-refractivity contribution in [1.29, 1.82) is 0 Å². The lowest BCUT2D eigenvalue weighted by Crippen LogP contribution is -2.37. The molecule has 0 aromatic carbocycles. The number of thiophene rings is 1. The molecule has 1 fully saturated rings. The highest BCUT2D eigenvalue weighted by molar-refractivity contribution is 9.09. The molecular weight excluding hydrogens is 322 g/mol. The molecule has 1 heterocycles. The third-order valence-corrected chi connectivity index (χ3v) is 6.96. The number of halogens is 1. The fourth-order valence-electron chi connectivity index (χ4n) is 2.19. The molecule has 2 atom stereocenters. The van der Waals surface area contributed by atoms with Gasteiger partial charge in [0.15, 0.2) is 0 Å². The largest absolute Gasteiger partial charge is 0.250 e. The summed E-state index contributed by atoms with van der Waals surface area (Å²) in [6.07, 6.45) is 3.15. The van der Waals surface area contributed by atoms with Gasteiger partial charge >= 0.3 is 0 Å². The summed E-state index contributed by atoms with van der Waals surface area (Å²) in [6, 6.07) is 3.61. The van der Waals surface area contributed by atoms with Crippen LogP contribution in [0.2, 0.25) is 0 Å². The first-order chi connectivity index (χ1) is 8.03. The molecule has 1 N–H and O–H groups in total. The normalized spacial score (nSPS) is 25.3. The first kappa shape index (κ1) is 13.5. The van der Waals surface area contributed by atoms with Crippen molar-refractivity contribution in [3.8, 4) is 0 Å². The zero-order valence-corrected chi connectivity index (χ0v) is 12.9. The van der Waals surface area contributed by atoms with Gasteiger partial charge in [0.1, 0.15) is 4.21 Å². The molecule has 0 spiro atoms. The Kier molecular flexibility index (Phi) is 4.28. The van der Waals surface area contributed by atoms with E-state index in [1.165, 1.54) is 11.3 Å². The van der Waals surface area contributed by atoms with Crippen LogP contribution in [0.1, 0.15) is 24.1 Å². The number of aryl methyl sites for hydroxylation is 1. The first-order valence-electron chi connectivity index (χ1n) is 5.67. The van der Waals surface area contributed by atoms with Gasteiger partial charge in [-0.15, -0.1) is 11.3 Å². The summed E-state index contributed by atoms with van der Waals surface area (Å²) in [5.74, 6) is 0.422. The fraction of sp³-hybridized carbons (Fsp3) is 0.636. The first-order valence-corrected chi connectivity index (χ1v) is 9.10. The van der Waals surface area contributed by atoms with E-state index in [-0.39, 0.29) is 6.04 Å². The predicted octanol–water partition coefficient (Wildman–Crippen LogP) is 2.90. The Labute approximate surface area is 115 Å². The van der Waals surface area contributed by atoms with Crippen LogP contribution in [0.4, 0.5) is 0 Å². The minimum atomic E-state index is -3.32. The van der Waals surface area contributed by atoms with Gasteiger partial charge in [0.25, 0.3) is 0 Å². The van der Waals surface area contributed by atoms with Gasteiger partial charge in [0.05, 0.1) is 0 Å². The Hall–Kier alpha value is 0.0900. The summed E-state index contributed by atoms with van der Waals surface area (Å²) >= 11 is 4.78. The number of hydrogen-bond acceptors (Lipinski definition) is 3. The monoisotopic (exact) mass is 337 g/mol. The highest BCUT2D eigenvalue weighted by Gasteiger charge is 2.30. The van der Waals surface area contributed by atoms with Crippen LogP contribution >= 0.6 is 27.3 Å². The minimum Gasteiger partial charge on any atom is -0.207 e. The Morgan fingerprint density at radius 2 is 2.24 bits per heavy atom. The molecular formula is C11H16BrNO2S2. The Morgan fingerprint density at radius 1 is 1.47 bits per heavy atom. The maximum absolute atomic E-state index is 12.1.